The molecule has 5 nitrogen and oxygen atoms in total. The number of methoxy groups -OCH3 is 1. The van der Waals surface area contributed by atoms with Crippen molar-refractivity contribution in [2.45, 2.75) is 19.3 Å². The van der Waals surface area contributed by atoms with E-state index in [1.165, 1.54) is 6.42 Å². The summed E-state index contributed by atoms with van der Waals surface area (Å²) in [6.07, 6.45) is 2.98. The van der Waals surface area contributed by atoms with Crippen LogP contribution in [0.2, 0.25) is 0 Å². The second-order valence-corrected chi connectivity index (χ2v) is 6.12. The Morgan fingerprint density at radius 3 is 3.18 bits per heavy atom. The molecule has 5 heteroatoms. The van der Waals surface area contributed by atoms with E-state index in [1.807, 2.05) is 18.2 Å². The molecular weight excluding hydrogens is 280 g/mol. The zero-order chi connectivity index (χ0) is 15.4. The van der Waals surface area contributed by atoms with E-state index in [2.05, 4.69) is 10.6 Å². The van der Waals surface area contributed by atoms with E-state index in [-0.39, 0.29) is 11.8 Å². The molecule has 2 heterocycles. The fraction of sp³-hybridized carbons (Fsp3) is 0.588. The smallest absolute Gasteiger partial charge is 0.226 e. The number of ether oxygens (including phenoxy) is 2. The van der Waals surface area contributed by atoms with Gasteiger partial charge in [0.25, 0.3) is 0 Å². The van der Waals surface area contributed by atoms with Crippen molar-refractivity contribution in [3.8, 4) is 11.5 Å². The molecule has 3 rings (SSSR count). The van der Waals surface area contributed by atoms with Gasteiger partial charge < -0.3 is 20.1 Å². The van der Waals surface area contributed by atoms with Crippen molar-refractivity contribution in [3.63, 3.8) is 0 Å². The van der Waals surface area contributed by atoms with Crippen molar-refractivity contribution in [1.82, 2.24) is 10.6 Å². The number of amides is 1. The molecule has 0 spiro atoms. The van der Waals surface area contributed by atoms with Crippen LogP contribution in [0.3, 0.4) is 0 Å². The van der Waals surface area contributed by atoms with Crippen LogP contribution in [0.4, 0.5) is 0 Å². The van der Waals surface area contributed by atoms with Crippen LogP contribution >= 0.6 is 0 Å². The second kappa shape index (κ2) is 7.01. The van der Waals surface area contributed by atoms with Gasteiger partial charge in [-0.3, -0.25) is 4.79 Å². The molecule has 1 aromatic rings. The number of fused-ring (bicyclic) bond motifs is 1. The number of rotatable bonds is 5. The number of nitrogens with one attached hydrogen (secondary N) is 2. The van der Waals surface area contributed by atoms with Crippen molar-refractivity contribution in [1.29, 1.82) is 0 Å². The fourth-order valence-corrected chi connectivity index (χ4v) is 3.17. The third kappa shape index (κ3) is 3.53. The van der Waals surface area contributed by atoms with E-state index in [9.17, 15) is 4.79 Å². The number of hydrogen-bond acceptors (Lipinski definition) is 4. The highest BCUT2D eigenvalue weighted by Crippen LogP contribution is 2.30. The molecule has 0 saturated carbocycles. The van der Waals surface area contributed by atoms with E-state index >= 15 is 0 Å². The van der Waals surface area contributed by atoms with Gasteiger partial charge in [0.05, 0.1) is 13.0 Å². The van der Waals surface area contributed by atoms with E-state index in [0.29, 0.717) is 18.9 Å². The molecular formula is C17H24N2O3. The molecule has 1 aromatic carbocycles. The van der Waals surface area contributed by atoms with Gasteiger partial charge in [0.2, 0.25) is 5.91 Å². The normalized spacial score (nSPS) is 23.5. The molecule has 2 unspecified atom stereocenters. The van der Waals surface area contributed by atoms with Gasteiger partial charge in [-0.05, 0) is 62.0 Å². The first-order chi connectivity index (χ1) is 10.8. The Morgan fingerprint density at radius 2 is 2.41 bits per heavy atom. The number of carbonyl (C=O) groups excluding carboxylic acids is 1. The molecule has 2 atom stereocenters. The highest BCUT2D eigenvalue weighted by Gasteiger charge is 2.26. The number of hydrogen-bond donors (Lipinski definition) is 2. The first kappa shape index (κ1) is 15.2. The van der Waals surface area contributed by atoms with Crippen molar-refractivity contribution < 1.29 is 14.3 Å². The molecule has 0 radical (unpaired) electrons. The maximum atomic E-state index is 12.3. The summed E-state index contributed by atoms with van der Waals surface area (Å²) in [5.41, 5.74) is 1.05. The first-order valence-corrected chi connectivity index (χ1v) is 8.04. The van der Waals surface area contributed by atoms with Crippen LogP contribution in [0.5, 0.6) is 11.5 Å². The van der Waals surface area contributed by atoms with Gasteiger partial charge in [-0.25, -0.2) is 0 Å². The average Bonchev–Trinajstić information content (AvgIpc) is 3.07. The largest absolute Gasteiger partial charge is 0.497 e. The topological polar surface area (TPSA) is 59.6 Å². The zero-order valence-corrected chi connectivity index (χ0v) is 13.1. The molecule has 0 bridgehead atoms. The van der Waals surface area contributed by atoms with Crippen LogP contribution in [0.1, 0.15) is 18.4 Å². The van der Waals surface area contributed by atoms with E-state index < -0.39 is 0 Å². The zero-order valence-electron chi connectivity index (χ0n) is 13.1. The van der Waals surface area contributed by atoms with Crippen LogP contribution < -0.4 is 20.1 Å². The molecule has 1 fully saturated rings. The SMILES string of the molecule is COc1ccc2c(c1)CC(C(=O)NCCC1CCNC1)CO2. The van der Waals surface area contributed by atoms with Gasteiger partial charge in [-0.1, -0.05) is 0 Å². The second-order valence-electron chi connectivity index (χ2n) is 6.12. The molecule has 120 valence electrons. The Bertz CT molecular complexity index is 527. The van der Waals surface area contributed by atoms with E-state index in [4.69, 9.17) is 9.47 Å². The Morgan fingerprint density at radius 1 is 1.50 bits per heavy atom. The van der Waals surface area contributed by atoms with Crippen molar-refractivity contribution >= 4 is 5.91 Å². The van der Waals surface area contributed by atoms with E-state index in [0.717, 1.165) is 43.1 Å². The minimum absolute atomic E-state index is 0.0967. The predicted octanol–water partition coefficient (Wildman–Crippen LogP) is 1.36. The maximum absolute atomic E-state index is 12.3. The average molecular weight is 304 g/mol. The molecule has 2 aliphatic rings. The standard InChI is InChI=1S/C17H24N2O3/c1-21-15-2-3-16-13(9-15)8-14(11-22-16)17(20)19-7-5-12-4-6-18-10-12/h2-3,9,12,14,18H,4-8,10-11H2,1H3,(H,19,20). The lowest BCUT2D eigenvalue weighted by Gasteiger charge is -2.25. The van der Waals surface area contributed by atoms with Gasteiger partial charge >= 0.3 is 0 Å². The molecule has 1 amide bonds. The summed E-state index contributed by atoms with van der Waals surface area (Å²) in [7, 11) is 1.65. The van der Waals surface area contributed by atoms with Gasteiger partial charge in [-0.15, -0.1) is 0 Å². The number of benzene rings is 1. The molecule has 0 aliphatic carbocycles. The van der Waals surface area contributed by atoms with Crippen molar-refractivity contribution in [2.24, 2.45) is 11.8 Å². The summed E-state index contributed by atoms with van der Waals surface area (Å²) >= 11 is 0. The van der Waals surface area contributed by atoms with Gasteiger partial charge in [0.15, 0.2) is 0 Å². The first-order valence-electron chi connectivity index (χ1n) is 8.04. The minimum atomic E-state index is -0.110. The van der Waals surface area contributed by atoms with E-state index in [1.54, 1.807) is 7.11 Å². The summed E-state index contributed by atoms with van der Waals surface area (Å²) in [5.74, 6) is 2.35. The van der Waals surface area contributed by atoms with Crippen LogP contribution in [0.25, 0.3) is 0 Å². The van der Waals surface area contributed by atoms with Crippen LogP contribution in [-0.4, -0.2) is 39.3 Å². The summed E-state index contributed by atoms with van der Waals surface area (Å²) in [6.45, 7) is 3.39. The lowest BCUT2D eigenvalue weighted by molar-refractivity contribution is -0.126. The predicted molar refractivity (Wildman–Crippen MR) is 84.3 cm³/mol. The highest BCUT2D eigenvalue weighted by atomic mass is 16.5. The molecule has 1 saturated heterocycles. The third-order valence-electron chi connectivity index (χ3n) is 4.56. The third-order valence-corrected chi connectivity index (χ3v) is 4.56. The summed E-state index contributed by atoms with van der Waals surface area (Å²) in [5, 5.41) is 6.41. The molecule has 0 aromatic heterocycles. The van der Waals surface area contributed by atoms with Gasteiger partial charge in [0, 0.05) is 6.54 Å². The van der Waals surface area contributed by atoms with Crippen molar-refractivity contribution in [2.75, 3.05) is 33.4 Å². The van der Waals surface area contributed by atoms with Crippen LogP contribution in [0.15, 0.2) is 18.2 Å². The van der Waals surface area contributed by atoms with Gasteiger partial charge in [-0.2, -0.15) is 0 Å². The molecule has 2 N–H and O–H groups in total. The Hall–Kier alpha value is -1.75. The Kier molecular flexibility index (Phi) is 4.83. The Labute approximate surface area is 131 Å². The van der Waals surface area contributed by atoms with Gasteiger partial charge in [0.1, 0.15) is 18.1 Å². The lowest BCUT2D eigenvalue weighted by atomic mass is 9.95. The van der Waals surface area contributed by atoms with Crippen molar-refractivity contribution in [3.05, 3.63) is 23.8 Å². The van der Waals surface area contributed by atoms with Crippen LogP contribution in [-0.2, 0) is 11.2 Å². The fourth-order valence-electron chi connectivity index (χ4n) is 3.17. The highest BCUT2D eigenvalue weighted by molar-refractivity contribution is 5.79. The monoisotopic (exact) mass is 304 g/mol. The summed E-state index contributed by atoms with van der Waals surface area (Å²) in [6, 6.07) is 5.75. The Balaban J connectivity index is 1.50. The number of carbonyl (C=O) groups is 1. The summed E-state index contributed by atoms with van der Waals surface area (Å²) in [4.78, 5) is 12.3. The van der Waals surface area contributed by atoms with Crippen LogP contribution in [0, 0.1) is 11.8 Å². The summed E-state index contributed by atoms with van der Waals surface area (Å²) < 4.78 is 10.9. The molecule has 22 heavy (non-hydrogen) atoms. The maximum Gasteiger partial charge on any atom is 0.226 e. The minimum Gasteiger partial charge on any atom is -0.497 e. The quantitative estimate of drug-likeness (QED) is 0.862. The molecule has 2 aliphatic heterocycles. The lowest BCUT2D eigenvalue weighted by Crippen LogP contribution is -2.38.